The highest BCUT2D eigenvalue weighted by molar-refractivity contribution is 6.74. The maximum Gasteiger partial charge on any atom is 0.192 e. The van der Waals surface area contributed by atoms with Crippen LogP contribution in [0.2, 0.25) is 18.1 Å². The van der Waals surface area contributed by atoms with Gasteiger partial charge >= 0.3 is 0 Å². The fourth-order valence-electron chi connectivity index (χ4n) is 2.96. The monoisotopic (exact) mass is 332 g/mol. The van der Waals surface area contributed by atoms with Gasteiger partial charge in [-0.25, -0.2) is 0 Å². The lowest BCUT2D eigenvalue weighted by Crippen LogP contribution is -2.48. The van der Waals surface area contributed by atoms with Gasteiger partial charge in [0.05, 0.1) is 19.5 Å². The summed E-state index contributed by atoms with van der Waals surface area (Å²) in [7, 11) is -1.78. The van der Waals surface area contributed by atoms with E-state index in [0.29, 0.717) is 13.2 Å². The van der Waals surface area contributed by atoms with Gasteiger partial charge in [0.2, 0.25) is 0 Å². The van der Waals surface area contributed by atoms with Crippen LogP contribution in [0.5, 0.6) is 0 Å². The third kappa shape index (κ3) is 3.25. The van der Waals surface area contributed by atoms with Crippen molar-refractivity contribution in [3.05, 3.63) is 47.7 Å². The minimum atomic E-state index is -1.78. The molecule has 3 atom stereocenters. The Morgan fingerprint density at radius 2 is 1.96 bits per heavy atom. The molecule has 2 heterocycles. The van der Waals surface area contributed by atoms with Crippen LogP contribution in [0.15, 0.2) is 36.6 Å². The fourth-order valence-corrected chi connectivity index (χ4v) is 3.97. The van der Waals surface area contributed by atoms with Crippen molar-refractivity contribution >= 4 is 8.32 Å². The van der Waals surface area contributed by atoms with Gasteiger partial charge in [-0.2, -0.15) is 0 Å². The average Bonchev–Trinajstić information content (AvgIpc) is 2.51. The van der Waals surface area contributed by atoms with E-state index >= 15 is 0 Å². The summed E-state index contributed by atoms with van der Waals surface area (Å²) in [4.78, 5) is 0. The van der Waals surface area contributed by atoms with E-state index in [1.807, 2.05) is 6.26 Å². The summed E-state index contributed by atoms with van der Waals surface area (Å²) in [5, 5.41) is 0.205. The van der Waals surface area contributed by atoms with Crippen molar-refractivity contribution in [3.8, 4) is 0 Å². The van der Waals surface area contributed by atoms with Crippen molar-refractivity contribution in [1.29, 1.82) is 0 Å². The second-order valence-corrected chi connectivity index (χ2v) is 12.9. The molecule has 0 saturated heterocycles. The molecule has 0 aromatic heterocycles. The van der Waals surface area contributed by atoms with Gasteiger partial charge in [0, 0.05) is 5.92 Å². The minimum absolute atomic E-state index is 0.0347. The molecule has 0 N–H and O–H groups in total. The summed E-state index contributed by atoms with van der Waals surface area (Å²) in [5.41, 5.74) is 2.64. The predicted octanol–water partition coefficient (Wildman–Crippen LogP) is 4.60. The third-order valence-corrected chi connectivity index (χ3v) is 10.0. The zero-order chi connectivity index (χ0) is 16.7. The maximum absolute atomic E-state index is 6.37. The van der Waals surface area contributed by atoms with Gasteiger partial charge in [0.1, 0.15) is 12.2 Å². The molecule has 0 radical (unpaired) electrons. The van der Waals surface area contributed by atoms with E-state index in [4.69, 9.17) is 13.9 Å². The predicted molar refractivity (Wildman–Crippen MR) is 94.9 cm³/mol. The molecule has 2 aliphatic heterocycles. The SMILES string of the molecule is CC(C)(C)[Si](C)(C)OC[C@@H]1OC=C[C@@H]2c3ccccc3CO[C@H]12. The molecular formula is C19H28O3Si. The first-order valence-electron chi connectivity index (χ1n) is 8.45. The highest BCUT2D eigenvalue weighted by Gasteiger charge is 2.42. The van der Waals surface area contributed by atoms with Crippen LogP contribution in [0.4, 0.5) is 0 Å². The molecule has 0 bridgehead atoms. The average molecular weight is 333 g/mol. The molecule has 3 nitrogen and oxygen atoms in total. The van der Waals surface area contributed by atoms with Crippen LogP contribution in [0.1, 0.15) is 37.8 Å². The van der Waals surface area contributed by atoms with E-state index in [2.05, 4.69) is 64.2 Å². The Morgan fingerprint density at radius 3 is 2.70 bits per heavy atom. The number of fused-ring (bicyclic) bond motifs is 3. The number of ether oxygens (including phenoxy) is 2. The highest BCUT2D eigenvalue weighted by atomic mass is 28.4. The Bertz CT molecular complexity index is 589. The van der Waals surface area contributed by atoms with E-state index in [-0.39, 0.29) is 23.2 Å². The first-order valence-corrected chi connectivity index (χ1v) is 11.4. The molecule has 0 amide bonds. The second kappa shape index (κ2) is 6.08. The van der Waals surface area contributed by atoms with Gasteiger partial charge in [0.15, 0.2) is 8.32 Å². The Kier molecular flexibility index (Phi) is 4.42. The summed E-state index contributed by atoms with van der Waals surface area (Å²) in [5.74, 6) is 0.265. The van der Waals surface area contributed by atoms with E-state index in [0.717, 1.165) is 0 Å². The Hall–Kier alpha value is -1.10. The molecule has 126 valence electrons. The lowest BCUT2D eigenvalue weighted by Gasteiger charge is -2.42. The quantitative estimate of drug-likeness (QED) is 0.757. The van der Waals surface area contributed by atoms with Gasteiger partial charge < -0.3 is 13.9 Å². The van der Waals surface area contributed by atoms with E-state index in [9.17, 15) is 0 Å². The molecule has 1 aromatic rings. The summed E-state index contributed by atoms with van der Waals surface area (Å²) in [6.45, 7) is 12.6. The number of hydrogen-bond donors (Lipinski definition) is 0. The molecule has 3 rings (SSSR count). The van der Waals surface area contributed by atoms with E-state index < -0.39 is 8.32 Å². The molecule has 0 saturated carbocycles. The van der Waals surface area contributed by atoms with Gasteiger partial charge in [0.25, 0.3) is 0 Å². The van der Waals surface area contributed by atoms with Crippen molar-refractivity contribution in [2.75, 3.05) is 6.61 Å². The van der Waals surface area contributed by atoms with Crippen LogP contribution in [-0.4, -0.2) is 27.1 Å². The summed E-state index contributed by atoms with van der Waals surface area (Å²) >= 11 is 0. The Morgan fingerprint density at radius 1 is 1.22 bits per heavy atom. The van der Waals surface area contributed by atoms with Crippen molar-refractivity contribution in [3.63, 3.8) is 0 Å². The first kappa shape index (κ1) is 16.7. The first-order chi connectivity index (χ1) is 10.8. The number of hydrogen-bond acceptors (Lipinski definition) is 3. The molecule has 1 aromatic carbocycles. The van der Waals surface area contributed by atoms with Crippen molar-refractivity contribution in [2.45, 2.75) is 63.6 Å². The number of rotatable bonds is 3. The second-order valence-electron chi connectivity index (χ2n) is 8.07. The van der Waals surface area contributed by atoms with E-state index in [1.165, 1.54) is 11.1 Å². The lowest BCUT2D eigenvalue weighted by atomic mass is 9.84. The van der Waals surface area contributed by atoms with Crippen molar-refractivity contribution < 1.29 is 13.9 Å². The fraction of sp³-hybridized carbons (Fsp3) is 0.579. The van der Waals surface area contributed by atoms with Crippen LogP contribution in [-0.2, 0) is 20.5 Å². The zero-order valence-electron chi connectivity index (χ0n) is 14.8. The Labute approximate surface area is 140 Å². The molecule has 4 heteroatoms. The van der Waals surface area contributed by atoms with Crippen LogP contribution >= 0.6 is 0 Å². The molecule has 0 fully saturated rings. The van der Waals surface area contributed by atoms with Crippen molar-refractivity contribution in [1.82, 2.24) is 0 Å². The maximum atomic E-state index is 6.37. The molecule has 0 spiro atoms. The smallest absolute Gasteiger partial charge is 0.192 e. The molecular weight excluding hydrogens is 304 g/mol. The Balaban J connectivity index is 1.73. The highest BCUT2D eigenvalue weighted by Crippen LogP contribution is 2.39. The molecule has 0 aliphatic carbocycles. The summed E-state index contributed by atoms with van der Waals surface area (Å²) < 4.78 is 18.4. The lowest BCUT2D eigenvalue weighted by molar-refractivity contribution is -0.0910. The van der Waals surface area contributed by atoms with E-state index in [1.54, 1.807) is 0 Å². The molecule has 0 unspecified atom stereocenters. The van der Waals surface area contributed by atoms with Crippen molar-refractivity contribution in [2.24, 2.45) is 0 Å². The van der Waals surface area contributed by atoms with Gasteiger partial charge in [-0.15, -0.1) is 0 Å². The molecule has 2 aliphatic rings. The van der Waals surface area contributed by atoms with Crippen LogP contribution in [0, 0.1) is 0 Å². The summed E-state index contributed by atoms with van der Waals surface area (Å²) in [6, 6.07) is 8.53. The zero-order valence-corrected chi connectivity index (χ0v) is 15.8. The van der Waals surface area contributed by atoms with Gasteiger partial charge in [-0.05, 0) is 35.3 Å². The third-order valence-electron chi connectivity index (χ3n) is 5.52. The van der Waals surface area contributed by atoms with Gasteiger partial charge in [-0.1, -0.05) is 45.0 Å². The summed E-state index contributed by atoms with van der Waals surface area (Å²) in [6.07, 6.45) is 3.95. The van der Waals surface area contributed by atoms with Crippen LogP contribution in [0.3, 0.4) is 0 Å². The molecule has 23 heavy (non-hydrogen) atoms. The van der Waals surface area contributed by atoms with Gasteiger partial charge in [-0.3, -0.25) is 0 Å². The van der Waals surface area contributed by atoms with Crippen LogP contribution in [0.25, 0.3) is 0 Å². The largest absolute Gasteiger partial charge is 0.493 e. The standard InChI is InChI=1S/C19H28O3Si/c1-19(2,3)23(4,5)22-13-17-18-16(10-11-20-17)15-9-7-6-8-14(15)12-21-18/h6-11,16-18H,12-13H2,1-5H3/t16-,17+,18+/m1/s1. The number of benzene rings is 1. The van der Waals surface area contributed by atoms with Crippen LogP contribution < -0.4 is 0 Å². The normalized spacial score (nSPS) is 27.1. The topological polar surface area (TPSA) is 27.7 Å². The minimum Gasteiger partial charge on any atom is -0.493 e.